The van der Waals surface area contributed by atoms with E-state index in [4.69, 9.17) is 0 Å². The van der Waals surface area contributed by atoms with Gasteiger partial charge in [0.2, 0.25) is 0 Å². The minimum atomic E-state index is -0.0211. The Bertz CT molecular complexity index is 1350. The predicted octanol–water partition coefficient (Wildman–Crippen LogP) is 6.27. The van der Waals surface area contributed by atoms with Crippen LogP contribution in [0.15, 0.2) is 96.8 Å². The van der Waals surface area contributed by atoms with Gasteiger partial charge in [0.05, 0.1) is 0 Å². The maximum atomic E-state index is 13.0. The molecule has 1 amide bonds. The summed E-state index contributed by atoms with van der Waals surface area (Å²) in [6.45, 7) is 5.04. The van der Waals surface area contributed by atoms with E-state index in [9.17, 15) is 4.79 Å². The largest absolute Gasteiger partial charge is 0.322 e. The van der Waals surface area contributed by atoms with E-state index >= 15 is 0 Å². The Kier molecular flexibility index (Phi) is 6.09. The number of aryl methyl sites for hydroxylation is 3. The van der Waals surface area contributed by atoms with E-state index in [-0.39, 0.29) is 5.91 Å². The molecule has 168 valence electrons. The van der Waals surface area contributed by atoms with Crippen LogP contribution in [0.2, 0.25) is 0 Å². The van der Waals surface area contributed by atoms with Crippen molar-refractivity contribution in [1.82, 2.24) is 0 Å². The second-order valence-electron chi connectivity index (χ2n) is 9.16. The van der Waals surface area contributed by atoms with Gasteiger partial charge >= 0.3 is 0 Å². The molecule has 0 saturated heterocycles. The van der Waals surface area contributed by atoms with Gasteiger partial charge in [0.15, 0.2) is 18.9 Å². The van der Waals surface area contributed by atoms with Crippen molar-refractivity contribution < 1.29 is 9.36 Å². The molecule has 34 heavy (non-hydrogen) atoms. The van der Waals surface area contributed by atoms with Crippen LogP contribution in [-0.2, 0) is 17.8 Å². The first-order valence-corrected chi connectivity index (χ1v) is 11.8. The number of fused-ring (bicyclic) bond motifs is 1. The van der Waals surface area contributed by atoms with Gasteiger partial charge < -0.3 is 5.32 Å². The van der Waals surface area contributed by atoms with E-state index < -0.39 is 0 Å². The summed E-state index contributed by atoms with van der Waals surface area (Å²) in [5.41, 5.74) is 10.2. The quantitative estimate of drug-likeness (QED) is 0.361. The molecule has 0 saturated carbocycles. The standard InChI is InChI=1S/C31H28N2O/c1-22-16-23(2)20-33(19-22)21-24-8-14-30(15-9-24)32-31(34)28-13-11-26-10-12-27(17-29(26)18-28)25-6-4-3-5-7-25/h3-10,12,14-20H,11,13,21H2,1-2H3/p+1. The van der Waals surface area contributed by atoms with Crippen LogP contribution < -0.4 is 9.88 Å². The number of nitrogens with one attached hydrogen (secondary N) is 1. The number of pyridine rings is 1. The van der Waals surface area contributed by atoms with Crippen LogP contribution in [0.25, 0.3) is 17.2 Å². The fourth-order valence-electron chi connectivity index (χ4n) is 4.68. The Morgan fingerprint density at radius 2 is 1.56 bits per heavy atom. The molecule has 0 unspecified atom stereocenters. The number of nitrogens with zero attached hydrogens (tertiary/aromatic N) is 1. The molecule has 0 spiro atoms. The number of amides is 1. The Morgan fingerprint density at radius 3 is 2.29 bits per heavy atom. The lowest BCUT2D eigenvalue weighted by atomic mass is 9.89. The highest BCUT2D eigenvalue weighted by molar-refractivity contribution is 6.07. The van der Waals surface area contributed by atoms with Crippen molar-refractivity contribution in [3.05, 3.63) is 125 Å². The van der Waals surface area contributed by atoms with Gasteiger partial charge in [-0.2, -0.15) is 0 Å². The number of carbonyl (C=O) groups is 1. The number of anilines is 1. The zero-order valence-corrected chi connectivity index (χ0v) is 19.7. The molecule has 3 aromatic carbocycles. The lowest BCUT2D eigenvalue weighted by Crippen LogP contribution is -2.34. The van der Waals surface area contributed by atoms with E-state index in [1.54, 1.807) is 0 Å². The molecule has 3 heteroatoms. The van der Waals surface area contributed by atoms with Crippen LogP contribution in [0.1, 0.15) is 34.2 Å². The molecule has 1 aliphatic carbocycles. The molecule has 0 aliphatic heterocycles. The van der Waals surface area contributed by atoms with Crippen molar-refractivity contribution in [3.8, 4) is 11.1 Å². The molecule has 1 heterocycles. The molecule has 0 fully saturated rings. The maximum absolute atomic E-state index is 13.0. The second kappa shape index (κ2) is 9.48. The average molecular weight is 446 g/mol. The van der Waals surface area contributed by atoms with Crippen LogP contribution in [0.4, 0.5) is 5.69 Å². The maximum Gasteiger partial charge on any atom is 0.251 e. The normalized spacial score (nSPS) is 12.6. The van der Waals surface area contributed by atoms with Crippen LogP contribution in [-0.4, -0.2) is 5.91 Å². The molecule has 0 atom stereocenters. The number of carbonyl (C=O) groups excluding carboxylic acids is 1. The van der Waals surface area contributed by atoms with Gasteiger partial charge in [-0.15, -0.1) is 0 Å². The average Bonchev–Trinajstić information content (AvgIpc) is 2.84. The molecule has 1 aliphatic rings. The number of hydrogen-bond donors (Lipinski definition) is 1. The van der Waals surface area contributed by atoms with Crippen LogP contribution in [0, 0.1) is 13.8 Å². The van der Waals surface area contributed by atoms with Gasteiger partial charge in [-0.05, 0) is 79.3 Å². The fourth-order valence-corrected chi connectivity index (χ4v) is 4.68. The third-order valence-electron chi connectivity index (χ3n) is 6.31. The van der Waals surface area contributed by atoms with E-state index in [0.29, 0.717) is 0 Å². The minimum Gasteiger partial charge on any atom is -0.322 e. The molecule has 5 rings (SSSR count). The van der Waals surface area contributed by atoms with E-state index in [1.165, 1.54) is 33.4 Å². The van der Waals surface area contributed by atoms with Gasteiger partial charge in [-0.25, -0.2) is 4.57 Å². The Labute approximate surface area is 201 Å². The highest BCUT2D eigenvalue weighted by Crippen LogP contribution is 2.29. The predicted molar refractivity (Wildman–Crippen MR) is 138 cm³/mol. The zero-order valence-electron chi connectivity index (χ0n) is 19.7. The van der Waals surface area contributed by atoms with Gasteiger partial charge in [0, 0.05) is 28.0 Å². The van der Waals surface area contributed by atoms with E-state index in [1.807, 2.05) is 24.3 Å². The SMILES string of the molecule is Cc1cc(C)c[n+](Cc2ccc(NC(=O)C3=Cc4cc(-c5ccccc5)ccc4CC3)cc2)c1. The van der Waals surface area contributed by atoms with Crippen molar-refractivity contribution in [2.75, 3.05) is 5.32 Å². The minimum absolute atomic E-state index is 0.0211. The summed E-state index contributed by atoms with van der Waals surface area (Å²) in [6.07, 6.45) is 7.99. The first-order valence-electron chi connectivity index (χ1n) is 11.8. The summed E-state index contributed by atoms with van der Waals surface area (Å²) >= 11 is 0. The molecule has 3 nitrogen and oxygen atoms in total. The Hall–Kier alpha value is -3.98. The van der Waals surface area contributed by atoms with Crippen molar-refractivity contribution in [1.29, 1.82) is 0 Å². The number of benzene rings is 3. The molecule has 1 aromatic heterocycles. The summed E-state index contributed by atoms with van der Waals surface area (Å²) in [6, 6.07) is 27.2. The Balaban J connectivity index is 1.29. The van der Waals surface area contributed by atoms with Crippen LogP contribution in [0.5, 0.6) is 0 Å². The second-order valence-corrected chi connectivity index (χ2v) is 9.16. The van der Waals surface area contributed by atoms with Crippen molar-refractivity contribution >= 4 is 17.7 Å². The summed E-state index contributed by atoms with van der Waals surface area (Å²) in [5, 5.41) is 3.08. The summed E-state index contributed by atoms with van der Waals surface area (Å²) in [7, 11) is 0. The smallest absolute Gasteiger partial charge is 0.251 e. The highest BCUT2D eigenvalue weighted by atomic mass is 16.1. The first-order chi connectivity index (χ1) is 16.5. The number of aromatic nitrogens is 1. The topological polar surface area (TPSA) is 33.0 Å². The summed E-state index contributed by atoms with van der Waals surface area (Å²) in [5.74, 6) is -0.0211. The number of hydrogen-bond acceptors (Lipinski definition) is 1. The van der Waals surface area contributed by atoms with Crippen molar-refractivity contribution in [2.24, 2.45) is 0 Å². The van der Waals surface area contributed by atoms with Gasteiger partial charge in [-0.1, -0.05) is 54.6 Å². The van der Waals surface area contributed by atoms with Crippen molar-refractivity contribution in [3.63, 3.8) is 0 Å². The third-order valence-corrected chi connectivity index (χ3v) is 6.31. The third kappa shape index (κ3) is 4.99. The zero-order chi connectivity index (χ0) is 23.5. The van der Waals surface area contributed by atoms with Gasteiger partial charge in [-0.3, -0.25) is 4.79 Å². The lowest BCUT2D eigenvalue weighted by molar-refractivity contribution is -0.689. The van der Waals surface area contributed by atoms with Gasteiger partial charge in [0.1, 0.15) is 0 Å². The molecule has 0 radical (unpaired) electrons. The van der Waals surface area contributed by atoms with Crippen LogP contribution in [0.3, 0.4) is 0 Å². The molecule has 0 bridgehead atoms. The summed E-state index contributed by atoms with van der Waals surface area (Å²) in [4.78, 5) is 13.0. The molecule has 1 N–H and O–H groups in total. The lowest BCUT2D eigenvalue weighted by Gasteiger charge is -2.17. The van der Waals surface area contributed by atoms with Crippen LogP contribution >= 0.6 is 0 Å². The molecular formula is C31H29N2O+. The van der Waals surface area contributed by atoms with E-state index in [0.717, 1.165) is 36.2 Å². The summed E-state index contributed by atoms with van der Waals surface area (Å²) < 4.78 is 2.20. The number of rotatable bonds is 5. The fraction of sp³-hybridized carbons (Fsp3) is 0.161. The highest BCUT2D eigenvalue weighted by Gasteiger charge is 2.17. The van der Waals surface area contributed by atoms with Gasteiger partial charge in [0.25, 0.3) is 5.91 Å². The first kappa shape index (κ1) is 21.8. The monoisotopic (exact) mass is 445 g/mol. The van der Waals surface area contributed by atoms with Crippen molar-refractivity contribution in [2.45, 2.75) is 33.2 Å². The molecular weight excluding hydrogens is 416 g/mol. The molecule has 4 aromatic rings. The van der Waals surface area contributed by atoms with E-state index in [2.05, 4.69) is 96.8 Å². The Morgan fingerprint density at radius 1 is 0.824 bits per heavy atom.